The maximum absolute atomic E-state index is 4.39. The van der Waals surface area contributed by atoms with E-state index in [1.54, 1.807) is 23.7 Å². The van der Waals surface area contributed by atoms with Crippen LogP contribution in [-0.2, 0) is 0 Å². The number of aromatic nitrogens is 3. The molecule has 96 valence electrons. The maximum atomic E-state index is 4.39. The summed E-state index contributed by atoms with van der Waals surface area (Å²) >= 11 is 1.65. The number of fused-ring (bicyclic) bond motifs is 1. The second kappa shape index (κ2) is 4.93. The van der Waals surface area contributed by atoms with Crippen molar-refractivity contribution in [2.24, 2.45) is 0 Å². The first-order valence-corrected chi connectivity index (χ1v) is 6.99. The van der Waals surface area contributed by atoms with Crippen molar-refractivity contribution < 1.29 is 0 Å². The van der Waals surface area contributed by atoms with Gasteiger partial charge in [-0.25, -0.2) is 4.98 Å². The predicted octanol–water partition coefficient (Wildman–Crippen LogP) is 3.57. The molecule has 3 aromatic rings. The van der Waals surface area contributed by atoms with E-state index in [4.69, 9.17) is 0 Å². The highest BCUT2D eigenvalue weighted by molar-refractivity contribution is 7.16. The van der Waals surface area contributed by atoms with E-state index in [9.17, 15) is 0 Å². The first-order valence-electron chi connectivity index (χ1n) is 6.11. The number of nitrogens with one attached hydrogen (secondary N) is 1. The van der Waals surface area contributed by atoms with E-state index in [-0.39, 0.29) is 6.04 Å². The van der Waals surface area contributed by atoms with Crippen LogP contribution in [0.1, 0.15) is 24.4 Å². The number of aryl methyl sites for hydroxylation is 1. The van der Waals surface area contributed by atoms with Gasteiger partial charge in [-0.1, -0.05) is 0 Å². The van der Waals surface area contributed by atoms with Crippen LogP contribution in [0.4, 0.5) is 5.69 Å². The Kier molecular flexibility index (Phi) is 3.13. The van der Waals surface area contributed by atoms with E-state index in [0.717, 1.165) is 22.6 Å². The minimum Gasteiger partial charge on any atom is -0.377 e. The summed E-state index contributed by atoms with van der Waals surface area (Å²) in [5.41, 5.74) is 5.92. The fourth-order valence-corrected chi connectivity index (χ4v) is 2.82. The van der Waals surface area contributed by atoms with Gasteiger partial charge in [0, 0.05) is 18.1 Å². The average molecular weight is 270 g/mol. The molecule has 0 amide bonds. The summed E-state index contributed by atoms with van der Waals surface area (Å²) in [7, 11) is 0. The van der Waals surface area contributed by atoms with Crippen LogP contribution in [0, 0.1) is 6.92 Å². The number of hydrogen-bond donors (Lipinski definition) is 1. The highest BCUT2D eigenvalue weighted by Gasteiger charge is 2.10. The molecular weight excluding hydrogens is 256 g/mol. The molecule has 1 aromatic carbocycles. The second-order valence-electron chi connectivity index (χ2n) is 4.43. The summed E-state index contributed by atoms with van der Waals surface area (Å²) in [6.07, 6.45) is 3.45. The number of nitrogens with zero attached hydrogens (tertiary/aromatic N) is 3. The molecule has 0 radical (unpaired) electrons. The lowest BCUT2D eigenvalue weighted by atomic mass is 10.1. The van der Waals surface area contributed by atoms with E-state index >= 15 is 0 Å². The molecule has 0 bridgehead atoms. The Morgan fingerprint density at radius 3 is 2.84 bits per heavy atom. The zero-order valence-corrected chi connectivity index (χ0v) is 11.6. The van der Waals surface area contributed by atoms with Crippen molar-refractivity contribution in [2.75, 3.05) is 5.32 Å². The largest absolute Gasteiger partial charge is 0.377 e. The van der Waals surface area contributed by atoms with Gasteiger partial charge in [-0.05, 0) is 32.0 Å². The average Bonchev–Trinajstić information content (AvgIpc) is 2.86. The smallest absolute Gasteiger partial charge is 0.0835 e. The van der Waals surface area contributed by atoms with Crippen LogP contribution in [0.2, 0.25) is 0 Å². The molecule has 2 heterocycles. The van der Waals surface area contributed by atoms with Gasteiger partial charge in [0.25, 0.3) is 0 Å². The Bertz CT molecular complexity index is 707. The molecule has 19 heavy (non-hydrogen) atoms. The number of rotatable bonds is 3. The second-order valence-corrected chi connectivity index (χ2v) is 5.31. The number of thiazole rings is 1. The van der Waals surface area contributed by atoms with Crippen molar-refractivity contribution in [1.29, 1.82) is 0 Å². The van der Waals surface area contributed by atoms with Gasteiger partial charge in [-0.15, -0.1) is 11.3 Å². The lowest BCUT2D eigenvalue weighted by molar-refractivity contribution is 0.810. The highest BCUT2D eigenvalue weighted by Crippen LogP contribution is 2.25. The van der Waals surface area contributed by atoms with Crippen molar-refractivity contribution in [3.05, 3.63) is 47.5 Å². The van der Waals surface area contributed by atoms with Crippen LogP contribution in [0.25, 0.3) is 10.2 Å². The van der Waals surface area contributed by atoms with Crippen LogP contribution in [0.5, 0.6) is 0 Å². The van der Waals surface area contributed by atoms with Crippen LogP contribution >= 0.6 is 11.3 Å². The first-order chi connectivity index (χ1) is 9.24. The van der Waals surface area contributed by atoms with Crippen molar-refractivity contribution >= 4 is 27.2 Å². The Morgan fingerprint density at radius 1 is 1.16 bits per heavy atom. The third kappa shape index (κ3) is 2.42. The van der Waals surface area contributed by atoms with Gasteiger partial charge in [0.2, 0.25) is 0 Å². The monoisotopic (exact) mass is 270 g/mol. The molecule has 0 aliphatic carbocycles. The molecule has 0 saturated heterocycles. The van der Waals surface area contributed by atoms with Crippen molar-refractivity contribution in [3.8, 4) is 0 Å². The van der Waals surface area contributed by atoms with Crippen molar-refractivity contribution in [2.45, 2.75) is 19.9 Å². The Hall–Kier alpha value is -2.01. The Labute approximate surface area is 115 Å². The zero-order valence-electron chi connectivity index (χ0n) is 10.8. The van der Waals surface area contributed by atoms with E-state index in [2.05, 4.69) is 33.3 Å². The minimum absolute atomic E-state index is 0.124. The molecule has 0 aliphatic heterocycles. The lowest BCUT2D eigenvalue weighted by Gasteiger charge is -2.16. The number of hydrogen-bond acceptors (Lipinski definition) is 5. The number of anilines is 1. The van der Waals surface area contributed by atoms with Gasteiger partial charge >= 0.3 is 0 Å². The van der Waals surface area contributed by atoms with Crippen LogP contribution in [0.3, 0.4) is 0 Å². The molecule has 0 spiro atoms. The standard InChI is InChI=1S/C14H14N4S/c1-9-14(16-6-5-15-9)10(2)18-11-3-4-12-13(7-11)19-8-17-12/h3-8,10,18H,1-2H3. The summed E-state index contributed by atoms with van der Waals surface area (Å²) in [4.78, 5) is 12.9. The van der Waals surface area contributed by atoms with E-state index in [0.29, 0.717) is 0 Å². The summed E-state index contributed by atoms with van der Waals surface area (Å²) < 4.78 is 1.19. The van der Waals surface area contributed by atoms with Crippen LogP contribution in [-0.4, -0.2) is 15.0 Å². The fraction of sp³-hybridized carbons (Fsp3) is 0.214. The Balaban J connectivity index is 1.86. The van der Waals surface area contributed by atoms with Crippen molar-refractivity contribution in [1.82, 2.24) is 15.0 Å². The molecule has 5 heteroatoms. The van der Waals surface area contributed by atoms with Crippen molar-refractivity contribution in [3.63, 3.8) is 0 Å². The quantitative estimate of drug-likeness (QED) is 0.790. The Morgan fingerprint density at radius 2 is 2.00 bits per heavy atom. The molecule has 3 rings (SSSR count). The fourth-order valence-electron chi connectivity index (χ4n) is 2.11. The van der Waals surface area contributed by atoms with Gasteiger partial charge in [0.1, 0.15) is 0 Å². The van der Waals surface area contributed by atoms with Gasteiger partial charge in [0.15, 0.2) is 0 Å². The summed E-state index contributed by atoms with van der Waals surface area (Å²) in [5.74, 6) is 0. The SMILES string of the molecule is Cc1nccnc1C(C)Nc1ccc2ncsc2c1. The maximum Gasteiger partial charge on any atom is 0.0835 e. The van der Waals surface area contributed by atoms with E-state index < -0.39 is 0 Å². The van der Waals surface area contributed by atoms with Crippen LogP contribution < -0.4 is 5.32 Å². The summed E-state index contributed by atoms with van der Waals surface area (Å²) in [6.45, 7) is 4.07. The zero-order chi connectivity index (χ0) is 13.2. The van der Waals surface area contributed by atoms with Crippen LogP contribution in [0.15, 0.2) is 36.1 Å². The first kappa shape index (κ1) is 12.0. The number of benzene rings is 1. The van der Waals surface area contributed by atoms with Gasteiger partial charge in [-0.2, -0.15) is 0 Å². The van der Waals surface area contributed by atoms with Gasteiger partial charge in [0.05, 0.1) is 33.2 Å². The molecule has 1 unspecified atom stereocenters. The summed E-state index contributed by atoms with van der Waals surface area (Å²) in [5, 5.41) is 3.46. The molecular formula is C14H14N4S. The third-order valence-electron chi connectivity index (χ3n) is 3.04. The third-order valence-corrected chi connectivity index (χ3v) is 3.84. The molecule has 1 atom stereocenters. The summed E-state index contributed by atoms with van der Waals surface area (Å²) in [6, 6.07) is 6.32. The highest BCUT2D eigenvalue weighted by atomic mass is 32.1. The molecule has 0 saturated carbocycles. The van der Waals surface area contributed by atoms with Gasteiger partial charge < -0.3 is 5.32 Å². The van der Waals surface area contributed by atoms with E-state index in [1.165, 1.54) is 4.70 Å². The minimum atomic E-state index is 0.124. The van der Waals surface area contributed by atoms with E-state index in [1.807, 2.05) is 24.6 Å². The molecule has 2 aromatic heterocycles. The predicted molar refractivity (Wildman–Crippen MR) is 78.4 cm³/mol. The van der Waals surface area contributed by atoms with Gasteiger partial charge in [-0.3, -0.25) is 9.97 Å². The molecule has 4 nitrogen and oxygen atoms in total. The molecule has 1 N–H and O–H groups in total. The molecule has 0 aliphatic rings. The lowest BCUT2D eigenvalue weighted by Crippen LogP contribution is -2.10. The normalized spacial score (nSPS) is 12.5. The molecule has 0 fully saturated rings. The topological polar surface area (TPSA) is 50.7 Å².